The number of aromatic amines is 1. The standard InChI is InChI=1S/C19H21N3O2/c1-19(2,3)24-16(23)9-6-13-4-7-14(8-5-13)17-15-10-11-20-18(15)22-12-21-17/h4-5,7-8,10-12H,6,9H2,1-3H3,(H,20,21,22). The first-order valence-electron chi connectivity index (χ1n) is 8.02. The van der Waals surface area contributed by atoms with Gasteiger partial charge < -0.3 is 9.72 Å². The third-order valence-electron chi connectivity index (χ3n) is 3.62. The maximum Gasteiger partial charge on any atom is 0.306 e. The van der Waals surface area contributed by atoms with Gasteiger partial charge in [-0.3, -0.25) is 4.79 Å². The van der Waals surface area contributed by atoms with E-state index in [9.17, 15) is 4.79 Å². The number of benzene rings is 1. The summed E-state index contributed by atoms with van der Waals surface area (Å²) >= 11 is 0. The van der Waals surface area contributed by atoms with Crippen molar-refractivity contribution in [3.8, 4) is 11.3 Å². The fraction of sp³-hybridized carbons (Fsp3) is 0.316. The van der Waals surface area contributed by atoms with Crippen molar-refractivity contribution >= 4 is 17.0 Å². The Morgan fingerprint density at radius 3 is 2.58 bits per heavy atom. The van der Waals surface area contributed by atoms with Crippen LogP contribution in [0.25, 0.3) is 22.3 Å². The summed E-state index contributed by atoms with van der Waals surface area (Å²) in [6.45, 7) is 5.63. The van der Waals surface area contributed by atoms with Crippen molar-refractivity contribution < 1.29 is 9.53 Å². The predicted octanol–water partition coefficient (Wildman–Crippen LogP) is 3.90. The monoisotopic (exact) mass is 323 g/mol. The molecule has 0 fully saturated rings. The summed E-state index contributed by atoms with van der Waals surface area (Å²) < 4.78 is 5.33. The molecule has 0 aliphatic rings. The molecule has 0 saturated carbocycles. The molecule has 0 aliphatic carbocycles. The van der Waals surface area contributed by atoms with Crippen molar-refractivity contribution in [2.45, 2.75) is 39.2 Å². The molecule has 0 spiro atoms. The van der Waals surface area contributed by atoms with Crippen LogP contribution in [0.3, 0.4) is 0 Å². The minimum absolute atomic E-state index is 0.170. The van der Waals surface area contributed by atoms with Crippen molar-refractivity contribution in [1.29, 1.82) is 0 Å². The van der Waals surface area contributed by atoms with Crippen LogP contribution in [0.5, 0.6) is 0 Å². The second-order valence-corrected chi connectivity index (χ2v) is 6.75. The number of esters is 1. The quantitative estimate of drug-likeness (QED) is 0.739. The van der Waals surface area contributed by atoms with Crippen LogP contribution < -0.4 is 0 Å². The number of aromatic nitrogens is 3. The van der Waals surface area contributed by atoms with Gasteiger partial charge in [0.25, 0.3) is 0 Å². The molecule has 5 nitrogen and oxygen atoms in total. The molecule has 0 saturated heterocycles. The molecule has 0 aliphatic heterocycles. The molecule has 1 aromatic carbocycles. The zero-order chi connectivity index (χ0) is 17.2. The number of hydrogen-bond acceptors (Lipinski definition) is 4. The van der Waals surface area contributed by atoms with Crippen LogP contribution in [0.2, 0.25) is 0 Å². The molecule has 0 amide bonds. The number of hydrogen-bond donors (Lipinski definition) is 1. The van der Waals surface area contributed by atoms with Crippen LogP contribution in [0.1, 0.15) is 32.8 Å². The lowest BCUT2D eigenvalue weighted by Crippen LogP contribution is -2.23. The lowest BCUT2D eigenvalue weighted by molar-refractivity contribution is -0.154. The van der Waals surface area contributed by atoms with E-state index in [1.165, 1.54) is 0 Å². The fourth-order valence-corrected chi connectivity index (χ4v) is 2.57. The number of ether oxygens (including phenoxy) is 1. The third kappa shape index (κ3) is 3.79. The molecule has 1 N–H and O–H groups in total. The van der Waals surface area contributed by atoms with E-state index in [0.717, 1.165) is 27.9 Å². The van der Waals surface area contributed by atoms with Crippen LogP contribution in [-0.2, 0) is 16.0 Å². The molecule has 5 heteroatoms. The largest absolute Gasteiger partial charge is 0.460 e. The van der Waals surface area contributed by atoms with Gasteiger partial charge in [0.1, 0.15) is 17.6 Å². The number of nitrogens with one attached hydrogen (secondary N) is 1. The predicted molar refractivity (Wildman–Crippen MR) is 93.5 cm³/mol. The van der Waals surface area contributed by atoms with Gasteiger partial charge in [-0.05, 0) is 38.8 Å². The molecule has 0 bridgehead atoms. The Kier molecular flexibility index (Phi) is 4.34. The Hall–Kier alpha value is -2.69. The Balaban J connectivity index is 1.70. The highest BCUT2D eigenvalue weighted by molar-refractivity contribution is 5.90. The summed E-state index contributed by atoms with van der Waals surface area (Å²) in [4.78, 5) is 23.5. The van der Waals surface area contributed by atoms with E-state index in [1.54, 1.807) is 6.33 Å². The molecule has 2 heterocycles. The van der Waals surface area contributed by atoms with E-state index in [0.29, 0.717) is 12.8 Å². The molecule has 0 atom stereocenters. The van der Waals surface area contributed by atoms with Crippen molar-refractivity contribution in [1.82, 2.24) is 15.0 Å². The molecule has 3 rings (SSSR count). The minimum Gasteiger partial charge on any atom is -0.460 e. The number of nitrogens with zero attached hydrogens (tertiary/aromatic N) is 2. The normalized spacial score (nSPS) is 11.6. The second-order valence-electron chi connectivity index (χ2n) is 6.75. The number of aryl methyl sites for hydroxylation is 1. The van der Waals surface area contributed by atoms with E-state index >= 15 is 0 Å². The second kappa shape index (κ2) is 6.43. The summed E-state index contributed by atoms with van der Waals surface area (Å²) in [5.74, 6) is -0.170. The Morgan fingerprint density at radius 2 is 1.88 bits per heavy atom. The lowest BCUT2D eigenvalue weighted by Gasteiger charge is -2.19. The highest BCUT2D eigenvalue weighted by Gasteiger charge is 2.16. The maximum absolute atomic E-state index is 11.8. The van der Waals surface area contributed by atoms with E-state index < -0.39 is 5.60 Å². The summed E-state index contributed by atoms with van der Waals surface area (Å²) in [5.41, 5.74) is 3.43. The van der Waals surface area contributed by atoms with Crippen molar-refractivity contribution in [2.24, 2.45) is 0 Å². The average molecular weight is 323 g/mol. The Labute approximate surface area is 141 Å². The van der Waals surface area contributed by atoms with Crippen LogP contribution >= 0.6 is 0 Å². The topological polar surface area (TPSA) is 67.9 Å². The highest BCUT2D eigenvalue weighted by Crippen LogP contribution is 2.25. The number of rotatable bonds is 4. The molecule has 24 heavy (non-hydrogen) atoms. The van der Waals surface area contributed by atoms with Gasteiger partial charge in [0.05, 0.1) is 5.69 Å². The van der Waals surface area contributed by atoms with Gasteiger partial charge in [0.2, 0.25) is 0 Å². The minimum atomic E-state index is -0.435. The SMILES string of the molecule is CC(C)(C)OC(=O)CCc1ccc(-c2ncnc3[nH]ccc23)cc1. The molecule has 3 aromatic rings. The summed E-state index contributed by atoms with van der Waals surface area (Å²) in [6.07, 6.45) is 4.47. The molecule has 0 unspecified atom stereocenters. The van der Waals surface area contributed by atoms with Gasteiger partial charge in [-0.2, -0.15) is 0 Å². The number of H-pyrrole nitrogens is 1. The average Bonchev–Trinajstić information content (AvgIpc) is 3.00. The molecule has 2 aromatic heterocycles. The molecular formula is C19H21N3O2. The summed E-state index contributed by atoms with van der Waals surface area (Å²) in [5, 5.41) is 0.999. The van der Waals surface area contributed by atoms with E-state index in [1.807, 2.05) is 57.3 Å². The Morgan fingerprint density at radius 1 is 1.12 bits per heavy atom. The van der Waals surface area contributed by atoms with Crippen LogP contribution in [0.15, 0.2) is 42.9 Å². The smallest absolute Gasteiger partial charge is 0.306 e. The first-order valence-corrected chi connectivity index (χ1v) is 8.02. The summed E-state index contributed by atoms with van der Waals surface area (Å²) in [6, 6.07) is 10.1. The zero-order valence-electron chi connectivity index (χ0n) is 14.2. The zero-order valence-corrected chi connectivity index (χ0v) is 14.2. The molecular weight excluding hydrogens is 302 g/mol. The van der Waals surface area contributed by atoms with Crippen LogP contribution in [0, 0.1) is 0 Å². The van der Waals surface area contributed by atoms with Gasteiger partial charge in [-0.15, -0.1) is 0 Å². The van der Waals surface area contributed by atoms with Crippen LogP contribution in [0.4, 0.5) is 0 Å². The first-order chi connectivity index (χ1) is 11.4. The Bertz CT molecular complexity index is 845. The number of fused-ring (bicyclic) bond motifs is 1. The lowest BCUT2D eigenvalue weighted by atomic mass is 10.0. The number of carbonyl (C=O) groups is 1. The van der Waals surface area contributed by atoms with Gasteiger partial charge in [-0.1, -0.05) is 24.3 Å². The van der Waals surface area contributed by atoms with Crippen molar-refractivity contribution in [2.75, 3.05) is 0 Å². The summed E-state index contributed by atoms with van der Waals surface area (Å²) in [7, 11) is 0. The van der Waals surface area contributed by atoms with Gasteiger partial charge >= 0.3 is 5.97 Å². The van der Waals surface area contributed by atoms with Gasteiger partial charge in [-0.25, -0.2) is 9.97 Å². The van der Waals surface area contributed by atoms with E-state index in [4.69, 9.17) is 4.74 Å². The van der Waals surface area contributed by atoms with Gasteiger partial charge in [0, 0.05) is 23.6 Å². The molecule has 0 radical (unpaired) electrons. The highest BCUT2D eigenvalue weighted by atomic mass is 16.6. The van der Waals surface area contributed by atoms with Gasteiger partial charge in [0.15, 0.2) is 0 Å². The molecule has 124 valence electrons. The fourth-order valence-electron chi connectivity index (χ4n) is 2.57. The first kappa shape index (κ1) is 16.2. The van der Waals surface area contributed by atoms with Crippen molar-refractivity contribution in [3.05, 3.63) is 48.4 Å². The van der Waals surface area contributed by atoms with Crippen LogP contribution in [-0.4, -0.2) is 26.5 Å². The number of carbonyl (C=O) groups excluding carboxylic acids is 1. The van der Waals surface area contributed by atoms with E-state index in [-0.39, 0.29) is 5.97 Å². The van der Waals surface area contributed by atoms with E-state index in [2.05, 4.69) is 15.0 Å². The maximum atomic E-state index is 11.8. The van der Waals surface area contributed by atoms with Crippen molar-refractivity contribution in [3.63, 3.8) is 0 Å². The third-order valence-corrected chi connectivity index (χ3v) is 3.62.